The first-order valence-electron chi connectivity index (χ1n) is 14.7. The van der Waals surface area contributed by atoms with Crippen LogP contribution in [0.2, 0.25) is 0 Å². The van der Waals surface area contributed by atoms with E-state index in [-0.39, 0.29) is 98.0 Å². The zero-order valence-corrected chi connectivity index (χ0v) is 22.2. The molecule has 0 N–H and O–H groups in total. The number of hydrogen-bond acceptors (Lipinski definition) is 10. The highest BCUT2D eigenvalue weighted by Gasteiger charge is 2.59. The van der Waals surface area contributed by atoms with E-state index in [1.807, 2.05) is 0 Å². The average molecular weight is 559 g/mol. The van der Waals surface area contributed by atoms with Crippen molar-refractivity contribution >= 4 is 35.6 Å². The number of epoxide rings is 2. The molecule has 4 heterocycles. The molecule has 4 amide bonds. The second kappa shape index (κ2) is 9.90. The van der Waals surface area contributed by atoms with E-state index in [2.05, 4.69) is 0 Å². The Hall–Kier alpha value is -2.86. The Balaban J connectivity index is 0.883. The standard InChI is InChI=1S/C28H34N2O10/c31-23-15-9-19-20(39-19)10-16(15)24(32)29(23)5-7-37-27(35)13-3-1-2-4-14(13)28(36)38-8-6-30-25(33)17-11-21-22(40-21)12-18(17)26(30)34/h13-22H,1-12H2. The molecule has 4 saturated heterocycles. The molecule has 10 unspecified atom stereocenters. The van der Waals surface area contributed by atoms with Crippen LogP contribution in [-0.4, -0.2) is 96.1 Å². The highest BCUT2D eigenvalue weighted by Crippen LogP contribution is 2.48. The van der Waals surface area contributed by atoms with Crippen molar-refractivity contribution in [2.75, 3.05) is 26.3 Å². The van der Waals surface area contributed by atoms with E-state index in [9.17, 15) is 28.8 Å². The number of esters is 2. The molecule has 7 aliphatic rings. The second-order valence-electron chi connectivity index (χ2n) is 12.3. The Kier molecular flexibility index (Phi) is 6.45. The summed E-state index contributed by atoms with van der Waals surface area (Å²) in [4.78, 5) is 79.3. The largest absolute Gasteiger partial charge is 0.464 e. The van der Waals surface area contributed by atoms with Crippen LogP contribution in [0.3, 0.4) is 0 Å². The number of fused-ring (bicyclic) bond motifs is 4. The predicted octanol–water partition coefficient (Wildman–Crippen LogP) is 0.204. The van der Waals surface area contributed by atoms with Gasteiger partial charge in [-0.2, -0.15) is 0 Å². The normalized spacial score (nSPS) is 41.2. The predicted molar refractivity (Wildman–Crippen MR) is 131 cm³/mol. The SMILES string of the molecule is O=C(OCCN1C(=O)C2CC3OC3CC2C1=O)C1CCCCC1C(=O)OCCN1C(=O)C2CC3OC3CC2C1=O. The Labute approximate surface area is 230 Å². The van der Waals surface area contributed by atoms with Crippen LogP contribution in [0.15, 0.2) is 0 Å². The molecule has 12 heteroatoms. The first-order valence-corrected chi connectivity index (χ1v) is 14.7. The minimum atomic E-state index is -0.678. The highest BCUT2D eigenvalue weighted by atomic mass is 16.6. The molecular formula is C28H34N2O10. The lowest BCUT2D eigenvalue weighted by atomic mass is 9.79. The fourth-order valence-electron chi connectivity index (χ4n) is 7.78. The van der Waals surface area contributed by atoms with Gasteiger partial charge in [-0.25, -0.2) is 0 Å². The minimum absolute atomic E-state index is 0.00191. The van der Waals surface area contributed by atoms with Gasteiger partial charge in [0, 0.05) is 0 Å². The van der Waals surface area contributed by atoms with Gasteiger partial charge in [-0.3, -0.25) is 38.6 Å². The maximum Gasteiger partial charge on any atom is 0.309 e. The third-order valence-corrected chi connectivity index (χ3v) is 10.1. The smallest absolute Gasteiger partial charge is 0.309 e. The third kappa shape index (κ3) is 4.43. The third-order valence-electron chi connectivity index (χ3n) is 10.1. The van der Waals surface area contributed by atoms with Gasteiger partial charge in [0.15, 0.2) is 0 Å². The summed E-state index contributed by atoms with van der Waals surface area (Å²) in [5, 5.41) is 0. The molecule has 0 aromatic heterocycles. The molecule has 0 radical (unpaired) electrons. The number of imide groups is 2. The van der Waals surface area contributed by atoms with Crippen molar-refractivity contribution < 1.29 is 47.7 Å². The fraction of sp³-hybridized carbons (Fsp3) is 0.786. The molecule has 10 atom stereocenters. The van der Waals surface area contributed by atoms with Gasteiger partial charge in [-0.1, -0.05) is 12.8 Å². The summed E-state index contributed by atoms with van der Waals surface area (Å²) in [6.07, 6.45) is 5.10. The van der Waals surface area contributed by atoms with Crippen molar-refractivity contribution in [2.24, 2.45) is 35.5 Å². The van der Waals surface area contributed by atoms with E-state index in [1.54, 1.807) is 0 Å². The zero-order chi connectivity index (χ0) is 27.7. The summed E-state index contributed by atoms with van der Waals surface area (Å²) in [5.74, 6) is -4.72. The van der Waals surface area contributed by atoms with Crippen LogP contribution in [-0.2, 0) is 47.7 Å². The zero-order valence-electron chi connectivity index (χ0n) is 22.2. The van der Waals surface area contributed by atoms with Gasteiger partial charge in [0.25, 0.3) is 0 Å². The molecule has 3 saturated carbocycles. The number of amides is 4. The lowest BCUT2D eigenvalue weighted by Crippen LogP contribution is -2.39. The molecule has 3 aliphatic carbocycles. The molecule has 7 fully saturated rings. The molecule has 0 spiro atoms. The molecule has 0 aromatic carbocycles. The van der Waals surface area contributed by atoms with Gasteiger partial charge in [-0.15, -0.1) is 0 Å². The van der Waals surface area contributed by atoms with E-state index in [4.69, 9.17) is 18.9 Å². The van der Waals surface area contributed by atoms with E-state index in [1.165, 1.54) is 9.80 Å². The summed E-state index contributed by atoms with van der Waals surface area (Å²) in [6.45, 7) is -0.235. The number of rotatable bonds is 8. The van der Waals surface area contributed by atoms with E-state index in [0.29, 0.717) is 38.5 Å². The van der Waals surface area contributed by atoms with Crippen LogP contribution in [0.5, 0.6) is 0 Å². The molecule has 4 aliphatic heterocycles. The summed E-state index contributed by atoms with van der Waals surface area (Å²) < 4.78 is 21.9. The Morgan fingerprint density at radius 1 is 0.600 bits per heavy atom. The number of likely N-dealkylation sites (tertiary alicyclic amines) is 2. The van der Waals surface area contributed by atoms with Crippen LogP contribution >= 0.6 is 0 Å². The van der Waals surface area contributed by atoms with Gasteiger partial charge in [0.2, 0.25) is 23.6 Å². The Morgan fingerprint density at radius 3 is 1.25 bits per heavy atom. The average Bonchev–Trinajstić information content (AvgIpc) is 3.87. The number of hydrogen-bond donors (Lipinski definition) is 0. The highest BCUT2D eigenvalue weighted by molar-refractivity contribution is 6.06. The monoisotopic (exact) mass is 558 g/mol. The molecule has 216 valence electrons. The Bertz CT molecular complexity index is 1010. The Morgan fingerprint density at radius 2 is 0.925 bits per heavy atom. The van der Waals surface area contributed by atoms with Crippen LogP contribution in [0.25, 0.3) is 0 Å². The molecule has 40 heavy (non-hydrogen) atoms. The van der Waals surface area contributed by atoms with Crippen molar-refractivity contribution in [3.05, 3.63) is 0 Å². The van der Waals surface area contributed by atoms with Crippen molar-refractivity contribution in [3.63, 3.8) is 0 Å². The van der Waals surface area contributed by atoms with Crippen LogP contribution < -0.4 is 0 Å². The summed E-state index contributed by atoms with van der Waals surface area (Å²) in [5.41, 5.74) is 0. The van der Waals surface area contributed by atoms with Crippen molar-refractivity contribution in [1.82, 2.24) is 9.80 Å². The quantitative estimate of drug-likeness (QED) is 0.229. The van der Waals surface area contributed by atoms with Crippen molar-refractivity contribution in [1.29, 1.82) is 0 Å². The van der Waals surface area contributed by atoms with Gasteiger partial charge < -0.3 is 18.9 Å². The van der Waals surface area contributed by atoms with E-state index >= 15 is 0 Å². The molecular weight excluding hydrogens is 524 g/mol. The maximum atomic E-state index is 13.0. The van der Waals surface area contributed by atoms with Gasteiger partial charge in [-0.05, 0) is 38.5 Å². The summed E-state index contributed by atoms with van der Waals surface area (Å²) in [7, 11) is 0. The fourth-order valence-corrected chi connectivity index (χ4v) is 7.78. The van der Waals surface area contributed by atoms with Gasteiger partial charge in [0.05, 0.1) is 73.0 Å². The number of nitrogens with zero attached hydrogens (tertiary/aromatic N) is 2. The summed E-state index contributed by atoms with van der Waals surface area (Å²) in [6, 6.07) is 0. The molecule has 0 bridgehead atoms. The first-order chi connectivity index (χ1) is 19.3. The van der Waals surface area contributed by atoms with E-state index < -0.39 is 23.8 Å². The van der Waals surface area contributed by atoms with Crippen LogP contribution in [0.1, 0.15) is 51.4 Å². The number of carbonyl (C=O) groups excluding carboxylic acids is 6. The topological polar surface area (TPSA) is 152 Å². The second-order valence-corrected chi connectivity index (χ2v) is 12.3. The minimum Gasteiger partial charge on any atom is -0.464 e. The molecule has 7 rings (SSSR count). The summed E-state index contributed by atoms with van der Waals surface area (Å²) >= 11 is 0. The van der Waals surface area contributed by atoms with Crippen LogP contribution in [0.4, 0.5) is 0 Å². The lowest BCUT2D eigenvalue weighted by molar-refractivity contribution is -0.164. The van der Waals surface area contributed by atoms with E-state index in [0.717, 1.165) is 12.8 Å². The molecule has 0 aromatic rings. The number of carbonyl (C=O) groups is 6. The van der Waals surface area contributed by atoms with Crippen molar-refractivity contribution in [3.8, 4) is 0 Å². The van der Waals surface area contributed by atoms with Crippen molar-refractivity contribution in [2.45, 2.75) is 75.8 Å². The van der Waals surface area contributed by atoms with Crippen LogP contribution in [0, 0.1) is 35.5 Å². The first kappa shape index (κ1) is 26.1. The van der Waals surface area contributed by atoms with Gasteiger partial charge >= 0.3 is 11.9 Å². The van der Waals surface area contributed by atoms with Gasteiger partial charge in [0.1, 0.15) is 13.2 Å². The molecule has 12 nitrogen and oxygen atoms in total. The maximum absolute atomic E-state index is 13.0. The lowest BCUT2D eigenvalue weighted by Gasteiger charge is -2.28. The number of ether oxygens (including phenoxy) is 4.